The van der Waals surface area contributed by atoms with Crippen LogP contribution in [0.15, 0.2) is 34.0 Å². The van der Waals surface area contributed by atoms with E-state index in [1.54, 1.807) is 18.5 Å². The second-order valence-electron chi connectivity index (χ2n) is 7.74. The number of hydrogen-bond acceptors (Lipinski definition) is 12. The van der Waals surface area contributed by atoms with Crippen molar-refractivity contribution in [3.63, 3.8) is 0 Å². The lowest BCUT2D eigenvalue weighted by Gasteiger charge is -2.44. The summed E-state index contributed by atoms with van der Waals surface area (Å²) in [5.74, 6) is -1.78. The summed E-state index contributed by atoms with van der Waals surface area (Å²) in [6.45, 7) is 5.00. The molecule has 1 N–H and O–H groups in total. The van der Waals surface area contributed by atoms with Gasteiger partial charge in [0.15, 0.2) is 12.2 Å². The first-order valence-electron chi connectivity index (χ1n) is 10.6. The van der Waals surface area contributed by atoms with Gasteiger partial charge < -0.3 is 24.1 Å². The summed E-state index contributed by atoms with van der Waals surface area (Å²) >= 11 is 4.59. The third-order valence-electron chi connectivity index (χ3n) is 4.87. The van der Waals surface area contributed by atoms with Crippen LogP contribution in [-0.4, -0.2) is 73.3 Å². The first kappa shape index (κ1) is 27.0. The molecule has 14 heteroatoms. The molecule has 0 aliphatic carbocycles. The molecule has 2 aromatic rings. The Labute approximate surface area is 213 Å². The summed E-state index contributed by atoms with van der Waals surface area (Å²) in [7, 11) is 0. The van der Waals surface area contributed by atoms with Crippen LogP contribution in [0.2, 0.25) is 0 Å². The molecule has 0 saturated carbocycles. The molecule has 0 aromatic carbocycles. The van der Waals surface area contributed by atoms with E-state index in [9.17, 15) is 19.5 Å². The number of nitrogens with zero attached hydrogens (tertiary/aromatic N) is 4. The van der Waals surface area contributed by atoms with Crippen LogP contribution in [0.4, 0.5) is 0 Å². The topological polar surface area (TPSA) is 152 Å². The average Bonchev–Trinajstić information content (AvgIpc) is 3.24. The molecule has 0 amide bonds. The van der Waals surface area contributed by atoms with Gasteiger partial charge in [-0.05, 0) is 28.9 Å². The number of aromatic nitrogens is 4. The molecule has 190 valence electrons. The van der Waals surface area contributed by atoms with Crippen LogP contribution in [0, 0.1) is 0 Å². The maximum atomic E-state index is 12.1. The summed E-state index contributed by atoms with van der Waals surface area (Å²) in [5, 5.41) is 18.0. The van der Waals surface area contributed by atoms with Crippen molar-refractivity contribution in [3.8, 4) is 0 Å². The van der Waals surface area contributed by atoms with Gasteiger partial charge in [0.25, 0.3) is 0 Å². The second kappa shape index (κ2) is 11.9. The lowest BCUT2D eigenvalue weighted by Crippen LogP contribution is -2.57. The highest BCUT2D eigenvalue weighted by Crippen LogP contribution is 2.41. The first-order chi connectivity index (χ1) is 16.5. The highest BCUT2D eigenvalue weighted by Gasteiger charge is 2.52. The molecule has 0 radical (unpaired) electrons. The number of hydrogen-bond donors (Lipinski definition) is 1. The molecule has 3 heterocycles. The van der Waals surface area contributed by atoms with Crippen molar-refractivity contribution in [1.29, 1.82) is 0 Å². The monoisotopic (exact) mass is 572 g/mol. The molecule has 1 aliphatic rings. The molecule has 6 atom stereocenters. The van der Waals surface area contributed by atoms with Crippen molar-refractivity contribution in [1.82, 2.24) is 20.0 Å². The fourth-order valence-electron chi connectivity index (χ4n) is 3.50. The maximum Gasteiger partial charge on any atom is 0.303 e. The third-order valence-corrected chi connectivity index (χ3v) is 6.41. The SMILES string of the molecule is CC(=O)OCC1O[C@H](Sc2cncc(Br)c2)C(OC(C)=O)[C@@H](n2cc(C(C)O)nn2)[C@H]1OC(C)=O. The quantitative estimate of drug-likeness (QED) is 0.363. The number of carbonyl (C=O) groups is 3. The molecule has 0 bridgehead atoms. The van der Waals surface area contributed by atoms with E-state index in [-0.39, 0.29) is 12.3 Å². The highest BCUT2D eigenvalue weighted by molar-refractivity contribution is 9.10. The first-order valence-corrected chi connectivity index (χ1v) is 12.2. The van der Waals surface area contributed by atoms with E-state index >= 15 is 0 Å². The number of halogens is 1. The average molecular weight is 573 g/mol. The molecule has 3 unspecified atom stereocenters. The predicted octanol–water partition coefficient (Wildman–Crippen LogP) is 1.97. The zero-order chi connectivity index (χ0) is 25.7. The van der Waals surface area contributed by atoms with Crippen molar-refractivity contribution in [3.05, 3.63) is 34.8 Å². The second-order valence-corrected chi connectivity index (χ2v) is 9.83. The normalized spacial score (nSPS) is 24.9. The molecule has 3 rings (SSSR count). The molecular weight excluding hydrogens is 548 g/mol. The highest BCUT2D eigenvalue weighted by atomic mass is 79.9. The van der Waals surface area contributed by atoms with Gasteiger partial charge in [0.1, 0.15) is 29.9 Å². The van der Waals surface area contributed by atoms with Crippen molar-refractivity contribution >= 4 is 45.6 Å². The van der Waals surface area contributed by atoms with Gasteiger partial charge in [0.05, 0.1) is 12.3 Å². The minimum absolute atomic E-state index is 0.234. The smallest absolute Gasteiger partial charge is 0.303 e. The number of rotatable bonds is 8. The number of aliphatic hydroxyl groups excluding tert-OH is 1. The minimum atomic E-state index is -1.07. The van der Waals surface area contributed by atoms with Gasteiger partial charge in [-0.25, -0.2) is 4.68 Å². The van der Waals surface area contributed by atoms with Crippen LogP contribution < -0.4 is 0 Å². The third kappa shape index (κ3) is 7.22. The molecule has 12 nitrogen and oxygen atoms in total. The predicted molar refractivity (Wildman–Crippen MR) is 124 cm³/mol. The maximum absolute atomic E-state index is 12.1. The number of thioether (sulfide) groups is 1. The minimum Gasteiger partial charge on any atom is -0.463 e. The number of esters is 3. The van der Waals surface area contributed by atoms with Gasteiger partial charge >= 0.3 is 17.9 Å². The molecular formula is C21H25BrN4O8S. The van der Waals surface area contributed by atoms with Crippen LogP contribution in [0.5, 0.6) is 0 Å². The van der Waals surface area contributed by atoms with E-state index in [0.29, 0.717) is 4.90 Å². The van der Waals surface area contributed by atoms with E-state index in [1.807, 2.05) is 0 Å². The van der Waals surface area contributed by atoms with Crippen molar-refractivity contribution < 1.29 is 38.4 Å². The summed E-state index contributed by atoms with van der Waals surface area (Å²) in [4.78, 5) is 40.5. The van der Waals surface area contributed by atoms with Gasteiger partial charge in [-0.1, -0.05) is 17.0 Å². The molecule has 1 saturated heterocycles. The van der Waals surface area contributed by atoms with Crippen LogP contribution in [0.1, 0.15) is 45.5 Å². The number of pyridine rings is 1. The lowest BCUT2D eigenvalue weighted by molar-refractivity contribution is -0.212. The summed E-state index contributed by atoms with van der Waals surface area (Å²) in [6, 6.07) is 0.885. The van der Waals surface area contributed by atoms with Crippen LogP contribution >= 0.6 is 27.7 Å². The Kier molecular flexibility index (Phi) is 9.21. The Balaban J connectivity index is 2.09. The molecule has 1 fully saturated rings. The van der Waals surface area contributed by atoms with Gasteiger partial charge in [-0.15, -0.1) is 5.10 Å². The van der Waals surface area contributed by atoms with E-state index in [2.05, 4.69) is 31.2 Å². The Hall–Kier alpha value is -2.55. The van der Waals surface area contributed by atoms with E-state index < -0.39 is 53.8 Å². The largest absolute Gasteiger partial charge is 0.463 e. The summed E-state index contributed by atoms with van der Waals surface area (Å²) < 4.78 is 24.7. The summed E-state index contributed by atoms with van der Waals surface area (Å²) in [5.41, 5.74) is -0.580. The fourth-order valence-corrected chi connectivity index (χ4v) is 5.15. The van der Waals surface area contributed by atoms with Crippen molar-refractivity contribution in [2.75, 3.05) is 6.61 Å². The van der Waals surface area contributed by atoms with Crippen LogP contribution in [0.3, 0.4) is 0 Å². The molecule has 0 spiro atoms. The Morgan fingerprint density at radius 2 is 1.86 bits per heavy atom. The zero-order valence-corrected chi connectivity index (χ0v) is 21.8. The van der Waals surface area contributed by atoms with Crippen molar-refractivity contribution in [2.45, 2.75) is 68.5 Å². The van der Waals surface area contributed by atoms with E-state index in [1.165, 1.54) is 50.3 Å². The Morgan fingerprint density at radius 1 is 1.17 bits per heavy atom. The van der Waals surface area contributed by atoms with Gasteiger partial charge in [-0.2, -0.15) is 0 Å². The van der Waals surface area contributed by atoms with Gasteiger partial charge in [-0.3, -0.25) is 19.4 Å². The number of ether oxygens (including phenoxy) is 4. The molecule has 35 heavy (non-hydrogen) atoms. The number of carbonyl (C=O) groups excluding carboxylic acids is 3. The fraction of sp³-hybridized carbons (Fsp3) is 0.524. The number of aliphatic hydroxyl groups is 1. The van der Waals surface area contributed by atoms with Crippen molar-refractivity contribution in [2.24, 2.45) is 0 Å². The van der Waals surface area contributed by atoms with Crippen LogP contribution in [-0.2, 0) is 33.3 Å². The zero-order valence-electron chi connectivity index (χ0n) is 19.4. The van der Waals surface area contributed by atoms with Crippen LogP contribution in [0.25, 0.3) is 0 Å². The molecule has 2 aromatic heterocycles. The molecule has 1 aliphatic heterocycles. The van der Waals surface area contributed by atoms with Gasteiger partial charge in [0, 0.05) is 42.5 Å². The summed E-state index contributed by atoms with van der Waals surface area (Å²) in [6.07, 6.45) is 0.757. The Morgan fingerprint density at radius 3 is 2.43 bits per heavy atom. The Bertz CT molecular complexity index is 1070. The van der Waals surface area contributed by atoms with E-state index in [0.717, 1.165) is 4.47 Å². The van der Waals surface area contributed by atoms with E-state index in [4.69, 9.17) is 18.9 Å². The lowest BCUT2D eigenvalue weighted by atomic mass is 9.96. The standard InChI is InChI=1S/C21H25BrN4O8S/c1-10(27)16-8-26(25-24-16)18-19(32-12(3)29)17(9-31-11(2)28)34-21(20(18)33-13(4)30)35-15-5-14(22)6-23-7-15/h5-8,10,17-21,27H,9H2,1-4H3/t10?,17?,18-,19-,20?,21+/m0/s1. The van der Waals surface area contributed by atoms with Gasteiger partial charge in [0.2, 0.25) is 0 Å².